The van der Waals surface area contributed by atoms with Gasteiger partial charge in [0.05, 0.1) is 10.8 Å². The molecule has 2 aliphatic rings. The smallest absolute Gasteiger partial charge is 0.487 e. The van der Waals surface area contributed by atoms with Gasteiger partial charge >= 0.3 is 7.32 Å². The van der Waals surface area contributed by atoms with E-state index >= 15 is 52.7 Å². The third-order valence-corrected chi connectivity index (χ3v) is 10.7. The van der Waals surface area contributed by atoms with Crippen LogP contribution < -0.4 is 14.0 Å². The summed E-state index contributed by atoms with van der Waals surface area (Å²) >= 11 is 0. The quantitative estimate of drug-likeness (QED) is 0.0864. The maximum atomic E-state index is 16.6. The maximum Gasteiger partial charge on any atom is 0.864 e. The molecule has 64 heavy (non-hydrogen) atoms. The van der Waals surface area contributed by atoms with Gasteiger partial charge in [-0.1, -0.05) is 60.7 Å². The second kappa shape index (κ2) is 14.7. The van der Waals surface area contributed by atoms with Crippen molar-refractivity contribution in [2.45, 2.75) is 11.3 Å². The molecule has 2 atom stereocenters. The lowest BCUT2D eigenvalue weighted by atomic mass is 9.87. The van der Waals surface area contributed by atoms with E-state index in [1.54, 1.807) is 0 Å². The van der Waals surface area contributed by atoms with Gasteiger partial charge in [0.2, 0.25) is 23.0 Å². The van der Waals surface area contributed by atoms with Crippen molar-refractivity contribution in [2.24, 2.45) is 0 Å². The van der Waals surface area contributed by atoms with Gasteiger partial charge in [-0.2, -0.15) is 8.78 Å². The number of hydrogen-bond acceptors (Lipinski definition) is 3. The molecule has 2 aliphatic carbocycles. The highest BCUT2D eigenvalue weighted by molar-refractivity contribution is 6.40. The Morgan fingerprint density at radius 2 is 0.812 bits per heavy atom. The molecule has 0 aliphatic heterocycles. The van der Waals surface area contributed by atoms with Crippen LogP contribution in [0.25, 0.3) is 33.2 Å². The number of fused-ring (bicyclic) bond motifs is 4. The number of alkyl halides is 2. The Hall–Kier alpha value is -7.12. The van der Waals surface area contributed by atoms with E-state index in [1.807, 2.05) is 0 Å². The normalized spacial score (nSPS) is 18.0. The van der Waals surface area contributed by atoms with E-state index in [2.05, 4.69) is 0 Å². The first-order valence-corrected chi connectivity index (χ1v) is 18.1. The first kappa shape index (κ1) is 42.2. The van der Waals surface area contributed by atoms with Gasteiger partial charge in [0.1, 0.15) is 23.2 Å². The zero-order valence-corrected chi connectivity index (χ0v) is 31.0. The lowest BCUT2D eigenvalue weighted by molar-refractivity contribution is 0.227. The van der Waals surface area contributed by atoms with E-state index in [4.69, 9.17) is 14.0 Å². The summed E-state index contributed by atoms with van der Waals surface area (Å²) < 4.78 is 264. The molecular weight excluding hydrogens is 891 g/mol. The summed E-state index contributed by atoms with van der Waals surface area (Å²) in [4.78, 5) is 0. The molecule has 0 saturated carbocycles. The fraction of sp³-hybridized carbons (Fsp3) is 0.0455. The summed E-state index contributed by atoms with van der Waals surface area (Å²) in [6, 6.07) is 10.8. The average Bonchev–Trinajstić information content (AvgIpc) is 3.60. The minimum Gasteiger partial charge on any atom is -0.487 e. The van der Waals surface area contributed by atoms with Crippen molar-refractivity contribution in [2.75, 3.05) is 0 Å². The fourth-order valence-electron chi connectivity index (χ4n) is 7.76. The van der Waals surface area contributed by atoms with Crippen LogP contribution in [0, 0.1) is 58.2 Å². The van der Waals surface area contributed by atoms with Crippen LogP contribution in [0.3, 0.4) is 0 Å². The molecule has 7 aromatic carbocycles. The number of halogens is 16. The summed E-state index contributed by atoms with van der Waals surface area (Å²) in [6.07, 6.45) is 0. The molecule has 7 aromatic rings. The molecule has 0 fully saturated rings. The van der Waals surface area contributed by atoms with Crippen LogP contribution in [-0.2, 0) is 11.3 Å². The van der Waals surface area contributed by atoms with Gasteiger partial charge in [0.15, 0.2) is 63.9 Å². The first-order valence-electron chi connectivity index (χ1n) is 18.1. The molecule has 0 aromatic heterocycles. The molecule has 0 bridgehead atoms. The highest BCUT2D eigenvalue weighted by Gasteiger charge is 2.53. The first-order chi connectivity index (χ1) is 30.3. The lowest BCUT2D eigenvalue weighted by Crippen LogP contribution is -2.38. The highest BCUT2D eigenvalue weighted by atomic mass is 19.2. The Morgan fingerprint density at radius 3 is 1.25 bits per heavy atom. The van der Waals surface area contributed by atoms with Crippen molar-refractivity contribution in [1.82, 2.24) is 0 Å². The van der Waals surface area contributed by atoms with E-state index in [0.717, 1.165) is 36.4 Å². The Kier molecular flexibility index (Phi) is 9.72. The lowest BCUT2D eigenvalue weighted by Gasteiger charge is -2.24. The summed E-state index contributed by atoms with van der Waals surface area (Å²) in [7, 11) is -3.18. The number of hydrogen-bond donors (Lipinski definition) is 0. The van der Waals surface area contributed by atoms with Crippen molar-refractivity contribution in [3.63, 3.8) is 0 Å². The second-order valence-corrected chi connectivity index (χ2v) is 14.1. The molecule has 0 heterocycles. The molecular formula is C44H15BF16O3. The average molecular weight is 906 g/mol. The van der Waals surface area contributed by atoms with Gasteiger partial charge in [-0.05, 0) is 24.3 Å². The molecule has 2 unspecified atom stereocenters. The topological polar surface area (TPSA) is 27.7 Å². The Balaban J connectivity index is 1.21. The highest BCUT2D eigenvalue weighted by Crippen LogP contribution is 2.56. The third kappa shape index (κ3) is 5.79. The van der Waals surface area contributed by atoms with E-state index in [0.29, 0.717) is 36.4 Å². The predicted molar refractivity (Wildman–Crippen MR) is 196 cm³/mol. The van der Waals surface area contributed by atoms with Crippen LogP contribution in [0.5, 0.6) is 17.2 Å². The van der Waals surface area contributed by atoms with E-state index in [-0.39, 0.29) is 6.07 Å². The second-order valence-electron chi connectivity index (χ2n) is 14.1. The summed E-state index contributed by atoms with van der Waals surface area (Å²) in [6.45, 7) is 0. The maximum absolute atomic E-state index is 16.6. The third-order valence-electron chi connectivity index (χ3n) is 10.7. The van der Waals surface area contributed by atoms with Gasteiger partial charge in [0.25, 0.3) is 0 Å². The van der Waals surface area contributed by atoms with Crippen molar-refractivity contribution >= 4 is 40.5 Å². The minimum absolute atomic E-state index is 0.245. The van der Waals surface area contributed by atoms with Gasteiger partial charge in [-0.15, -0.1) is 0 Å². The van der Waals surface area contributed by atoms with Crippen LogP contribution in [0.2, 0.25) is 0 Å². The number of allylic oxidation sites excluding steroid dienone is 2. The Labute approximate surface area is 347 Å². The molecule has 9 rings (SSSR count). The number of benzene rings is 7. The van der Waals surface area contributed by atoms with Crippen molar-refractivity contribution in [3.05, 3.63) is 194 Å². The molecule has 0 radical (unpaired) electrons. The zero-order chi connectivity index (χ0) is 45.9. The monoisotopic (exact) mass is 906 g/mol. The van der Waals surface area contributed by atoms with Crippen LogP contribution in [-0.4, -0.2) is 7.32 Å². The number of rotatable bonds is 8. The van der Waals surface area contributed by atoms with E-state index in [9.17, 15) is 17.6 Å². The standard InChI is InChI=1S/C44H15BF16O3/c46-16-9-14-25(47)26(15-16)62-45(63-39-19-10-12-23(31(50)27(19)33(52)35(54)37(39)56)43(60)21-7-3-1-5-17(21)29(48)41(43)58)64-40-20-11-13-24(32(51)28(20)34(53)36(55)38(40)57)44(61)22-8-4-2-6-18(22)30(49)42(44)59/h1-15H. The molecule has 0 amide bonds. The molecule has 324 valence electrons. The van der Waals surface area contributed by atoms with Gasteiger partial charge < -0.3 is 14.0 Å². The molecule has 0 spiro atoms. The van der Waals surface area contributed by atoms with E-state index in [1.165, 1.54) is 12.1 Å². The van der Waals surface area contributed by atoms with Crippen LogP contribution >= 0.6 is 0 Å². The molecule has 3 nitrogen and oxygen atoms in total. The molecule has 20 heteroatoms. The predicted octanol–water partition coefficient (Wildman–Crippen LogP) is 13.6. The Bertz CT molecular complexity index is 3080. The van der Waals surface area contributed by atoms with Gasteiger partial charge in [-0.3, -0.25) is 0 Å². The SMILES string of the molecule is FC1=C(F)C(F)(c2ccc3c(OB(Oc4cc(F)ccc4F)Oc4c(F)c(F)c(F)c5c(F)c(C6(F)C(F)=C(F)c7ccccc76)ccc45)c(F)c(F)c(F)c3c2F)c2ccccc21. The van der Waals surface area contributed by atoms with E-state index < -0.39 is 172 Å². The molecule has 0 saturated heterocycles. The summed E-state index contributed by atoms with van der Waals surface area (Å²) in [5.41, 5.74) is -13.6. The van der Waals surface area contributed by atoms with Crippen LogP contribution in [0.15, 0.2) is 103 Å². The zero-order valence-electron chi connectivity index (χ0n) is 31.0. The Morgan fingerprint density at radius 1 is 0.391 bits per heavy atom. The van der Waals surface area contributed by atoms with Gasteiger partial charge in [0, 0.05) is 50.2 Å². The largest absolute Gasteiger partial charge is 0.864 e. The van der Waals surface area contributed by atoms with Crippen LogP contribution in [0.4, 0.5) is 70.2 Å². The summed E-state index contributed by atoms with van der Waals surface area (Å²) in [5, 5.41) is -5.95. The minimum atomic E-state index is -3.83. The fourth-order valence-corrected chi connectivity index (χ4v) is 7.76. The van der Waals surface area contributed by atoms with Crippen molar-refractivity contribution in [1.29, 1.82) is 0 Å². The van der Waals surface area contributed by atoms with Crippen molar-refractivity contribution in [3.8, 4) is 17.2 Å². The van der Waals surface area contributed by atoms with Crippen LogP contribution in [0.1, 0.15) is 33.4 Å². The molecule has 0 N–H and O–H groups in total. The van der Waals surface area contributed by atoms with Crippen molar-refractivity contribution < 1.29 is 84.2 Å². The van der Waals surface area contributed by atoms with Gasteiger partial charge in [-0.25, -0.2) is 61.5 Å². The summed E-state index contributed by atoms with van der Waals surface area (Å²) in [5.74, 6) is -34.9.